The van der Waals surface area contributed by atoms with Gasteiger partial charge in [0.25, 0.3) is 5.56 Å². The summed E-state index contributed by atoms with van der Waals surface area (Å²) in [5.74, 6) is 1.27. The number of hydrogen-bond donors (Lipinski definition) is 2. The van der Waals surface area contributed by atoms with Crippen molar-refractivity contribution in [2.24, 2.45) is 7.05 Å². The van der Waals surface area contributed by atoms with Crippen LogP contribution in [0.4, 0.5) is 16.7 Å². The number of benzene rings is 1. The zero-order valence-corrected chi connectivity index (χ0v) is 23.6. The third-order valence-corrected chi connectivity index (χ3v) is 7.51. The summed E-state index contributed by atoms with van der Waals surface area (Å²) >= 11 is 0. The molecule has 10 heteroatoms. The van der Waals surface area contributed by atoms with Crippen LogP contribution < -0.4 is 21.1 Å². The van der Waals surface area contributed by atoms with Crippen molar-refractivity contribution in [1.82, 2.24) is 24.4 Å². The van der Waals surface area contributed by atoms with Crippen LogP contribution in [0.3, 0.4) is 0 Å². The molecule has 1 saturated heterocycles. The van der Waals surface area contributed by atoms with Crippen molar-refractivity contribution >= 4 is 29.2 Å². The van der Waals surface area contributed by atoms with E-state index in [1.54, 1.807) is 11.6 Å². The first-order valence-corrected chi connectivity index (χ1v) is 14.2. The van der Waals surface area contributed by atoms with Gasteiger partial charge in [-0.15, -0.1) is 0 Å². The zero-order chi connectivity index (χ0) is 27.6. The number of carbonyl (C=O) groups is 1. The number of aromatic nitrogens is 4. The average molecular weight is 536 g/mol. The largest absolute Gasteiger partial charge is 0.444 e. The Bertz CT molecular complexity index is 1350. The molecule has 0 radical (unpaired) electrons. The van der Waals surface area contributed by atoms with Crippen LogP contribution in [0.2, 0.25) is 0 Å². The van der Waals surface area contributed by atoms with Crippen molar-refractivity contribution in [1.29, 1.82) is 0 Å². The molecule has 2 aromatic heterocycles. The predicted octanol–water partition coefficient (Wildman–Crippen LogP) is 4.42. The number of nitrogens with one attached hydrogen (secondary N) is 2. The van der Waals surface area contributed by atoms with Gasteiger partial charge in [0.2, 0.25) is 11.9 Å². The number of hydrogen-bond acceptors (Lipinski definition) is 7. The monoisotopic (exact) mass is 535 g/mol. The Hall–Kier alpha value is -3.56. The standard InChI is InChI=1S/C29H41N7O3/c1-29(2,3)39-28(38)31-22-16-11-17-35(19-22)27-33-24-23(36(27)18-20-12-7-5-8-13-20)25(37)34(4)26(32-24)30-21-14-9-6-10-15-21/h5,7-8,12-13,21-22H,6,9-11,14-19H2,1-4H3,(H,30,32)(H,31,38). The second-order valence-corrected chi connectivity index (χ2v) is 11.9. The van der Waals surface area contributed by atoms with E-state index in [0.29, 0.717) is 42.2 Å². The molecule has 2 fully saturated rings. The van der Waals surface area contributed by atoms with Crippen LogP contribution in [-0.2, 0) is 18.3 Å². The van der Waals surface area contributed by atoms with Gasteiger partial charge in [0.05, 0.1) is 6.54 Å². The number of ether oxygens (including phenoxy) is 1. The molecule has 10 nitrogen and oxygen atoms in total. The second-order valence-electron chi connectivity index (χ2n) is 11.9. The number of imidazole rings is 1. The predicted molar refractivity (Wildman–Crippen MR) is 153 cm³/mol. The van der Waals surface area contributed by atoms with Gasteiger partial charge >= 0.3 is 6.09 Å². The smallest absolute Gasteiger partial charge is 0.407 e. The molecule has 2 aliphatic rings. The van der Waals surface area contributed by atoms with Crippen molar-refractivity contribution in [3.05, 3.63) is 46.2 Å². The number of alkyl carbamates (subject to hydrolysis) is 1. The highest BCUT2D eigenvalue weighted by Gasteiger charge is 2.29. The van der Waals surface area contributed by atoms with Crippen LogP contribution >= 0.6 is 0 Å². The maximum absolute atomic E-state index is 13.8. The molecule has 1 aromatic carbocycles. The van der Waals surface area contributed by atoms with Gasteiger partial charge in [0, 0.05) is 32.2 Å². The maximum atomic E-state index is 13.8. The van der Waals surface area contributed by atoms with E-state index in [0.717, 1.165) is 37.8 Å². The van der Waals surface area contributed by atoms with Gasteiger partial charge in [-0.05, 0) is 52.0 Å². The SMILES string of the molecule is Cn1c(NC2CCCCC2)nc2nc(N3CCCC(NC(=O)OC(C)(C)C)C3)n(Cc3ccccc3)c2c1=O. The Morgan fingerprint density at radius 2 is 1.74 bits per heavy atom. The Kier molecular flexibility index (Phi) is 7.81. The van der Waals surface area contributed by atoms with E-state index in [9.17, 15) is 9.59 Å². The Morgan fingerprint density at radius 3 is 2.46 bits per heavy atom. The summed E-state index contributed by atoms with van der Waals surface area (Å²) in [7, 11) is 1.78. The molecule has 5 rings (SSSR count). The van der Waals surface area contributed by atoms with Gasteiger partial charge in [0.15, 0.2) is 11.2 Å². The number of rotatable bonds is 6. The van der Waals surface area contributed by atoms with Crippen molar-refractivity contribution in [3.63, 3.8) is 0 Å². The first kappa shape index (κ1) is 27.0. The summed E-state index contributed by atoms with van der Waals surface area (Å²) in [6, 6.07) is 10.3. The minimum absolute atomic E-state index is 0.0853. The Morgan fingerprint density at radius 1 is 1.03 bits per heavy atom. The fourth-order valence-corrected chi connectivity index (χ4v) is 5.61. The minimum atomic E-state index is -0.558. The quantitative estimate of drug-likeness (QED) is 0.481. The molecule has 1 aliphatic carbocycles. The lowest BCUT2D eigenvalue weighted by atomic mass is 9.96. The van der Waals surface area contributed by atoms with Gasteiger partial charge in [-0.1, -0.05) is 49.6 Å². The molecule has 3 aromatic rings. The lowest BCUT2D eigenvalue weighted by Crippen LogP contribution is -2.49. The van der Waals surface area contributed by atoms with Crippen LogP contribution in [0.15, 0.2) is 35.1 Å². The summed E-state index contributed by atoms with van der Waals surface area (Å²) in [5, 5.41) is 6.54. The highest BCUT2D eigenvalue weighted by Crippen LogP contribution is 2.26. The van der Waals surface area contributed by atoms with E-state index in [-0.39, 0.29) is 11.6 Å². The molecule has 1 aliphatic heterocycles. The summed E-state index contributed by atoms with van der Waals surface area (Å²) in [6.45, 7) is 7.42. The molecule has 0 spiro atoms. The van der Waals surface area contributed by atoms with Crippen molar-refractivity contribution in [2.75, 3.05) is 23.3 Å². The van der Waals surface area contributed by atoms with Gasteiger partial charge in [-0.3, -0.25) is 13.9 Å². The van der Waals surface area contributed by atoms with Crippen molar-refractivity contribution in [2.45, 2.75) is 89.9 Å². The molecule has 3 heterocycles. The molecule has 0 bridgehead atoms. The van der Waals surface area contributed by atoms with E-state index in [4.69, 9.17) is 14.7 Å². The molecule has 1 saturated carbocycles. The number of amides is 1. The van der Waals surface area contributed by atoms with Crippen LogP contribution in [0.5, 0.6) is 0 Å². The highest BCUT2D eigenvalue weighted by molar-refractivity contribution is 5.76. The first-order chi connectivity index (χ1) is 18.7. The lowest BCUT2D eigenvalue weighted by molar-refractivity contribution is 0.0499. The molecular weight excluding hydrogens is 494 g/mol. The van der Waals surface area contributed by atoms with Crippen LogP contribution in [0, 0.1) is 0 Å². The third kappa shape index (κ3) is 6.37. The molecule has 1 unspecified atom stereocenters. The summed E-state index contributed by atoms with van der Waals surface area (Å²) in [6.07, 6.45) is 7.13. The molecule has 1 amide bonds. The van der Waals surface area contributed by atoms with Gasteiger partial charge < -0.3 is 20.3 Å². The maximum Gasteiger partial charge on any atom is 0.407 e. The van der Waals surface area contributed by atoms with Gasteiger partial charge in [-0.25, -0.2) is 4.79 Å². The summed E-state index contributed by atoms with van der Waals surface area (Å²) < 4.78 is 9.09. The zero-order valence-electron chi connectivity index (χ0n) is 23.6. The minimum Gasteiger partial charge on any atom is -0.444 e. The van der Waals surface area contributed by atoms with Crippen LogP contribution in [-0.4, -0.2) is 56.0 Å². The first-order valence-electron chi connectivity index (χ1n) is 14.2. The topological polar surface area (TPSA) is 106 Å². The number of piperidine rings is 1. The van der Waals surface area contributed by atoms with Gasteiger partial charge in [0.1, 0.15) is 5.60 Å². The van der Waals surface area contributed by atoms with E-state index in [1.807, 2.05) is 43.5 Å². The van der Waals surface area contributed by atoms with Crippen molar-refractivity contribution < 1.29 is 9.53 Å². The van der Waals surface area contributed by atoms with E-state index in [1.165, 1.54) is 19.3 Å². The highest BCUT2D eigenvalue weighted by atomic mass is 16.6. The fraction of sp³-hybridized carbons (Fsp3) is 0.586. The summed E-state index contributed by atoms with van der Waals surface area (Å²) in [4.78, 5) is 38.2. The lowest BCUT2D eigenvalue weighted by Gasteiger charge is -2.34. The number of nitrogens with zero attached hydrogens (tertiary/aromatic N) is 5. The van der Waals surface area contributed by atoms with Crippen LogP contribution in [0.25, 0.3) is 11.2 Å². The van der Waals surface area contributed by atoms with Crippen molar-refractivity contribution in [3.8, 4) is 0 Å². The number of fused-ring (bicyclic) bond motifs is 1. The molecule has 39 heavy (non-hydrogen) atoms. The second kappa shape index (κ2) is 11.3. The number of carbonyl (C=O) groups excluding carboxylic acids is 1. The molecule has 1 atom stereocenters. The Labute approximate surface area is 229 Å². The van der Waals surface area contributed by atoms with E-state index in [2.05, 4.69) is 27.7 Å². The third-order valence-electron chi connectivity index (χ3n) is 7.51. The van der Waals surface area contributed by atoms with E-state index < -0.39 is 11.7 Å². The number of anilines is 2. The normalized spacial score (nSPS) is 18.8. The fourth-order valence-electron chi connectivity index (χ4n) is 5.61. The van der Waals surface area contributed by atoms with Crippen LogP contribution in [0.1, 0.15) is 71.3 Å². The molecule has 2 N–H and O–H groups in total. The van der Waals surface area contributed by atoms with Gasteiger partial charge in [-0.2, -0.15) is 9.97 Å². The Balaban J connectivity index is 1.49. The molecular formula is C29H41N7O3. The van der Waals surface area contributed by atoms with E-state index >= 15 is 0 Å². The molecule has 210 valence electrons. The average Bonchev–Trinajstić information content (AvgIpc) is 3.25. The summed E-state index contributed by atoms with van der Waals surface area (Å²) in [5.41, 5.74) is 1.34.